The van der Waals surface area contributed by atoms with E-state index in [0.717, 1.165) is 16.5 Å². The Bertz CT molecular complexity index is 931. The van der Waals surface area contributed by atoms with Gasteiger partial charge in [-0.15, -0.1) is 0 Å². The molecule has 3 aromatic rings. The molecular weight excluding hydrogens is 266 g/mol. The molecule has 3 rings (SSSR count). The summed E-state index contributed by atoms with van der Waals surface area (Å²) in [6, 6.07) is 17.0. The SMILES string of the molecule is Cn1c(=O)c(=NO)nc(-c2ccccc2)c2ccccc21. The van der Waals surface area contributed by atoms with Crippen molar-refractivity contribution in [2.45, 2.75) is 0 Å². The van der Waals surface area contributed by atoms with Gasteiger partial charge in [0.2, 0.25) is 0 Å². The van der Waals surface area contributed by atoms with E-state index in [0.29, 0.717) is 5.69 Å². The van der Waals surface area contributed by atoms with Crippen LogP contribution in [0.4, 0.5) is 0 Å². The highest BCUT2D eigenvalue weighted by atomic mass is 16.4. The smallest absolute Gasteiger partial charge is 0.299 e. The minimum absolute atomic E-state index is 0.229. The Morgan fingerprint density at radius 1 is 1.05 bits per heavy atom. The Kier molecular flexibility index (Phi) is 3.23. The third-order valence-corrected chi connectivity index (χ3v) is 3.38. The Labute approximate surface area is 120 Å². The van der Waals surface area contributed by atoms with E-state index in [2.05, 4.69) is 10.1 Å². The van der Waals surface area contributed by atoms with Crippen LogP contribution in [0, 0.1) is 0 Å². The summed E-state index contributed by atoms with van der Waals surface area (Å²) < 4.78 is 1.43. The van der Waals surface area contributed by atoms with E-state index in [1.54, 1.807) is 7.05 Å². The fourth-order valence-corrected chi connectivity index (χ4v) is 2.32. The zero-order valence-electron chi connectivity index (χ0n) is 11.4. The Morgan fingerprint density at radius 3 is 2.43 bits per heavy atom. The summed E-state index contributed by atoms with van der Waals surface area (Å²) in [5.41, 5.74) is 1.51. The normalized spacial score (nSPS) is 11.8. The Balaban J connectivity index is 2.60. The van der Waals surface area contributed by atoms with Gasteiger partial charge in [-0.05, 0) is 6.07 Å². The summed E-state index contributed by atoms with van der Waals surface area (Å²) in [7, 11) is 1.63. The maximum Gasteiger partial charge on any atom is 0.299 e. The molecule has 0 bridgehead atoms. The molecule has 0 aliphatic rings. The van der Waals surface area contributed by atoms with Gasteiger partial charge in [0, 0.05) is 18.0 Å². The van der Waals surface area contributed by atoms with Crippen LogP contribution in [-0.4, -0.2) is 14.8 Å². The molecule has 0 spiro atoms. The second kappa shape index (κ2) is 5.20. The first-order valence-corrected chi connectivity index (χ1v) is 6.46. The van der Waals surface area contributed by atoms with Gasteiger partial charge in [0.05, 0.1) is 11.2 Å². The molecule has 5 nitrogen and oxygen atoms in total. The van der Waals surface area contributed by atoms with Gasteiger partial charge in [-0.3, -0.25) is 4.79 Å². The van der Waals surface area contributed by atoms with Crippen LogP contribution in [0.3, 0.4) is 0 Å². The fraction of sp³-hybridized carbons (Fsp3) is 0.0625. The van der Waals surface area contributed by atoms with Crippen molar-refractivity contribution >= 4 is 10.9 Å². The summed E-state index contributed by atoms with van der Waals surface area (Å²) in [5.74, 6) is 0. The predicted octanol–water partition coefficient (Wildman–Crippen LogP) is 1.89. The lowest BCUT2D eigenvalue weighted by Crippen LogP contribution is -2.32. The molecule has 1 heterocycles. The largest absolute Gasteiger partial charge is 0.409 e. The molecule has 0 saturated heterocycles. The van der Waals surface area contributed by atoms with Crippen molar-refractivity contribution in [1.82, 2.24) is 9.55 Å². The van der Waals surface area contributed by atoms with Crippen molar-refractivity contribution in [1.29, 1.82) is 0 Å². The molecule has 0 radical (unpaired) electrons. The quantitative estimate of drug-likeness (QED) is 0.546. The Morgan fingerprint density at radius 2 is 1.71 bits per heavy atom. The molecule has 0 aliphatic heterocycles. The monoisotopic (exact) mass is 279 g/mol. The third kappa shape index (κ3) is 2.18. The zero-order valence-corrected chi connectivity index (χ0v) is 11.4. The van der Waals surface area contributed by atoms with E-state index in [-0.39, 0.29) is 5.49 Å². The lowest BCUT2D eigenvalue weighted by Gasteiger charge is -2.02. The standard InChI is InChI=1S/C16H13N3O2/c1-19-13-10-6-5-9-12(13)14(11-7-3-2-4-8-11)17-15(18-21)16(19)20/h2-10,21H,1H3. The number of hydrogen-bond acceptors (Lipinski definition) is 4. The maximum absolute atomic E-state index is 12.2. The van der Waals surface area contributed by atoms with Crippen LogP contribution in [0.2, 0.25) is 0 Å². The van der Waals surface area contributed by atoms with Crippen molar-refractivity contribution in [3.05, 3.63) is 70.4 Å². The van der Waals surface area contributed by atoms with Crippen LogP contribution < -0.4 is 11.0 Å². The molecule has 0 aliphatic carbocycles. The van der Waals surface area contributed by atoms with Gasteiger partial charge in [0.25, 0.3) is 11.0 Å². The molecule has 0 saturated carbocycles. The fourth-order valence-electron chi connectivity index (χ4n) is 2.32. The van der Waals surface area contributed by atoms with Crippen LogP contribution in [0.15, 0.2) is 64.5 Å². The van der Waals surface area contributed by atoms with Gasteiger partial charge in [0.1, 0.15) is 0 Å². The summed E-state index contributed by atoms with van der Waals surface area (Å²) in [6.45, 7) is 0. The van der Waals surface area contributed by atoms with Crippen molar-refractivity contribution in [3.63, 3.8) is 0 Å². The Hall–Kier alpha value is -2.95. The average Bonchev–Trinajstić information content (AvgIpc) is 2.65. The van der Waals surface area contributed by atoms with Crippen LogP contribution >= 0.6 is 0 Å². The van der Waals surface area contributed by atoms with Gasteiger partial charge < -0.3 is 9.77 Å². The molecule has 0 unspecified atom stereocenters. The first kappa shape index (κ1) is 13.1. The first-order chi connectivity index (χ1) is 10.2. The molecule has 0 fully saturated rings. The highest BCUT2D eigenvalue weighted by Gasteiger charge is 2.09. The van der Waals surface area contributed by atoms with Gasteiger partial charge in [-0.1, -0.05) is 53.7 Å². The number of hydrogen-bond donors (Lipinski definition) is 1. The van der Waals surface area contributed by atoms with Gasteiger partial charge in [0.15, 0.2) is 0 Å². The van der Waals surface area contributed by atoms with Crippen LogP contribution in [0.25, 0.3) is 22.2 Å². The van der Waals surface area contributed by atoms with Gasteiger partial charge in [-0.2, -0.15) is 0 Å². The summed E-state index contributed by atoms with van der Waals surface area (Å²) in [5, 5.41) is 12.9. The third-order valence-electron chi connectivity index (χ3n) is 3.38. The van der Waals surface area contributed by atoms with E-state index in [1.165, 1.54) is 4.57 Å². The number of benzene rings is 2. The van der Waals surface area contributed by atoms with Gasteiger partial charge in [-0.25, -0.2) is 4.98 Å². The second-order valence-corrected chi connectivity index (χ2v) is 4.63. The minimum Gasteiger partial charge on any atom is -0.409 e. The van der Waals surface area contributed by atoms with E-state index in [4.69, 9.17) is 5.21 Å². The van der Waals surface area contributed by atoms with Crippen LogP contribution in [0.5, 0.6) is 0 Å². The molecule has 5 heteroatoms. The number of aryl methyl sites for hydroxylation is 1. The number of rotatable bonds is 1. The molecule has 104 valence electrons. The molecule has 1 N–H and O–H groups in total. The highest BCUT2D eigenvalue weighted by Crippen LogP contribution is 2.23. The van der Waals surface area contributed by atoms with E-state index in [9.17, 15) is 4.79 Å². The lowest BCUT2D eigenvalue weighted by molar-refractivity contribution is 0.297. The number of fused-ring (bicyclic) bond motifs is 1. The minimum atomic E-state index is -0.448. The molecular formula is C16H13N3O2. The average molecular weight is 279 g/mol. The number of nitrogens with zero attached hydrogens (tertiary/aromatic N) is 3. The van der Waals surface area contributed by atoms with Crippen LogP contribution in [0.1, 0.15) is 0 Å². The van der Waals surface area contributed by atoms with E-state index in [1.807, 2.05) is 54.6 Å². The second-order valence-electron chi connectivity index (χ2n) is 4.63. The maximum atomic E-state index is 12.2. The summed E-state index contributed by atoms with van der Waals surface area (Å²) in [6.07, 6.45) is 0. The predicted molar refractivity (Wildman–Crippen MR) is 79.8 cm³/mol. The van der Waals surface area contributed by atoms with E-state index < -0.39 is 5.56 Å². The number of para-hydroxylation sites is 1. The van der Waals surface area contributed by atoms with Crippen molar-refractivity contribution in [2.75, 3.05) is 0 Å². The molecule has 0 atom stereocenters. The molecule has 2 aromatic carbocycles. The van der Waals surface area contributed by atoms with E-state index >= 15 is 0 Å². The summed E-state index contributed by atoms with van der Waals surface area (Å²) in [4.78, 5) is 16.5. The summed E-state index contributed by atoms with van der Waals surface area (Å²) >= 11 is 0. The zero-order chi connectivity index (χ0) is 14.8. The van der Waals surface area contributed by atoms with Crippen molar-refractivity contribution in [2.24, 2.45) is 12.2 Å². The topological polar surface area (TPSA) is 67.5 Å². The van der Waals surface area contributed by atoms with Gasteiger partial charge >= 0.3 is 0 Å². The first-order valence-electron chi connectivity index (χ1n) is 6.46. The molecule has 21 heavy (non-hydrogen) atoms. The van der Waals surface area contributed by atoms with Crippen LogP contribution in [-0.2, 0) is 7.05 Å². The lowest BCUT2D eigenvalue weighted by atomic mass is 10.1. The molecule has 0 amide bonds. The highest BCUT2D eigenvalue weighted by molar-refractivity contribution is 5.91. The van der Waals surface area contributed by atoms with Crippen molar-refractivity contribution in [3.8, 4) is 11.3 Å². The van der Waals surface area contributed by atoms with Crippen molar-refractivity contribution < 1.29 is 5.21 Å². The number of aromatic nitrogens is 2. The molecule has 1 aromatic heterocycles.